The molecule has 0 saturated heterocycles. The number of methoxy groups -OCH3 is 1. The molecule has 0 saturated carbocycles. The fourth-order valence-electron chi connectivity index (χ4n) is 3.46. The lowest BCUT2D eigenvalue weighted by atomic mass is 9.98. The van der Waals surface area contributed by atoms with Crippen molar-refractivity contribution in [2.75, 3.05) is 13.7 Å². The summed E-state index contributed by atoms with van der Waals surface area (Å²) in [6.45, 7) is 0.184. The summed E-state index contributed by atoms with van der Waals surface area (Å²) >= 11 is 0. The second-order valence-electron chi connectivity index (χ2n) is 6.98. The van der Waals surface area contributed by atoms with Gasteiger partial charge in [0, 0.05) is 6.20 Å². The van der Waals surface area contributed by atoms with Crippen LogP contribution in [0.1, 0.15) is 33.9 Å². The van der Waals surface area contributed by atoms with Gasteiger partial charge in [-0.1, -0.05) is 60.7 Å². The number of hydrogen-bond acceptors (Lipinski definition) is 5. The van der Waals surface area contributed by atoms with Gasteiger partial charge in [0.05, 0.1) is 13.2 Å². The molecule has 0 fully saturated rings. The Bertz CT molecular complexity index is 1040. The maximum atomic E-state index is 13.3. The molecule has 0 aliphatic heterocycles. The minimum Gasteiger partial charge on any atom is -0.467 e. The van der Waals surface area contributed by atoms with Crippen LogP contribution in [0.5, 0.6) is 0 Å². The topological polar surface area (TPSA) is 103 Å². The number of carbonyl (C=O) groups is 2. The van der Waals surface area contributed by atoms with E-state index in [2.05, 4.69) is 5.32 Å². The quantitative estimate of drug-likeness (QED) is 0.544. The summed E-state index contributed by atoms with van der Waals surface area (Å²) in [7, 11) is 1.23. The first-order valence-electron chi connectivity index (χ1n) is 9.96. The average molecular weight is 419 g/mol. The van der Waals surface area contributed by atoms with E-state index in [0.717, 1.165) is 11.1 Å². The normalized spacial score (nSPS) is 11.7. The van der Waals surface area contributed by atoms with Crippen LogP contribution in [0.4, 0.5) is 0 Å². The highest BCUT2D eigenvalue weighted by Crippen LogP contribution is 2.25. The first-order valence-corrected chi connectivity index (χ1v) is 9.96. The van der Waals surface area contributed by atoms with Crippen LogP contribution >= 0.6 is 0 Å². The van der Waals surface area contributed by atoms with Crippen molar-refractivity contribution in [3.05, 3.63) is 106 Å². The SMILES string of the molecule is COC(=O)[C@H](CCN)NC(=O)c1cccn(C(c2ccccc2)c2ccccc2)c1=O. The molecule has 160 valence electrons. The van der Waals surface area contributed by atoms with Gasteiger partial charge in [-0.15, -0.1) is 0 Å². The van der Waals surface area contributed by atoms with Gasteiger partial charge in [0.2, 0.25) is 0 Å². The standard InChI is InChI=1S/C24H25N3O4/c1-31-24(30)20(14-15-25)26-22(28)19-13-8-16-27(23(19)29)21(17-9-4-2-5-10-17)18-11-6-3-7-12-18/h2-13,16,20-21H,14-15,25H2,1H3,(H,26,28)/t20-/m0/s1. The van der Waals surface area contributed by atoms with Crippen LogP contribution in [0.25, 0.3) is 0 Å². The number of nitrogens with zero attached hydrogens (tertiary/aromatic N) is 1. The molecule has 7 heteroatoms. The number of carbonyl (C=O) groups excluding carboxylic acids is 2. The zero-order chi connectivity index (χ0) is 22.2. The van der Waals surface area contributed by atoms with Crippen molar-refractivity contribution in [2.45, 2.75) is 18.5 Å². The molecule has 1 amide bonds. The fraction of sp³-hybridized carbons (Fsp3) is 0.208. The predicted octanol–water partition coefficient (Wildman–Crippen LogP) is 2.11. The highest BCUT2D eigenvalue weighted by molar-refractivity contribution is 5.96. The third-order valence-electron chi connectivity index (χ3n) is 4.97. The Morgan fingerprint density at radius 3 is 2.06 bits per heavy atom. The Labute approximate surface area is 180 Å². The molecule has 1 heterocycles. The molecule has 0 unspecified atom stereocenters. The van der Waals surface area contributed by atoms with E-state index < -0.39 is 29.5 Å². The summed E-state index contributed by atoms with van der Waals surface area (Å²) in [4.78, 5) is 38.1. The van der Waals surface area contributed by atoms with Gasteiger partial charge in [0.15, 0.2) is 0 Å². The molecule has 3 N–H and O–H groups in total. The number of rotatable bonds is 8. The fourth-order valence-corrected chi connectivity index (χ4v) is 3.46. The second-order valence-corrected chi connectivity index (χ2v) is 6.98. The molecule has 0 spiro atoms. The lowest BCUT2D eigenvalue weighted by Crippen LogP contribution is -2.45. The number of amides is 1. The van der Waals surface area contributed by atoms with E-state index >= 15 is 0 Å². The van der Waals surface area contributed by atoms with Crippen LogP contribution in [0, 0.1) is 0 Å². The molecule has 3 aromatic rings. The molecule has 0 bridgehead atoms. The van der Waals surface area contributed by atoms with Crippen LogP contribution < -0.4 is 16.6 Å². The van der Waals surface area contributed by atoms with Crippen molar-refractivity contribution in [3.63, 3.8) is 0 Å². The first-order chi connectivity index (χ1) is 15.1. The number of ether oxygens (including phenoxy) is 1. The largest absolute Gasteiger partial charge is 0.467 e. The number of hydrogen-bond donors (Lipinski definition) is 2. The van der Waals surface area contributed by atoms with Gasteiger partial charge in [-0.2, -0.15) is 0 Å². The van der Waals surface area contributed by atoms with Gasteiger partial charge in [0.1, 0.15) is 11.6 Å². The highest BCUT2D eigenvalue weighted by atomic mass is 16.5. The smallest absolute Gasteiger partial charge is 0.328 e. The molecule has 0 aliphatic carbocycles. The summed E-state index contributed by atoms with van der Waals surface area (Å²) in [5.41, 5.74) is 6.82. The summed E-state index contributed by atoms with van der Waals surface area (Å²) in [6, 6.07) is 20.9. The van der Waals surface area contributed by atoms with E-state index in [1.807, 2.05) is 60.7 Å². The number of nitrogens with one attached hydrogen (secondary N) is 1. The van der Waals surface area contributed by atoms with Gasteiger partial charge in [0.25, 0.3) is 11.5 Å². The average Bonchev–Trinajstić information content (AvgIpc) is 2.81. The van der Waals surface area contributed by atoms with Gasteiger partial charge in [-0.25, -0.2) is 4.79 Å². The Morgan fingerprint density at radius 1 is 0.968 bits per heavy atom. The van der Waals surface area contributed by atoms with E-state index in [-0.39, 0.29) is 18.5 Å². The molecule has 2 aromatic carbocycles. The predicted molar refractivity (Wildman–Crippen MR) is 118 cm³/mol. The van der Waals surface area contributed by atoms with E-state index in [1.165, 1.54) is 17.7 Å². The number of aromatic nitrogens is 1. The zero-order valence-electron chi connectivity index (χ0n) is 17.2. The first kappa shape index (κ1) is 22.0. The van der Waals surface area contributed by atoms with Gasteiger partial charge >= 0.3 is 5.97 Å². The number of esters is 1. The monoisotopic (exact) mass is 419 g/mol. The Hall–Kier alpha value is -3.71. The number of pyridine rings is 1. The van der Waals surface area contributed by atoms with Crippen LogP contribution in [0.2, 0.25) is 0 Å². The van der Waals surface area contributed by atoms with Crippen LogP contribution in [0.3, 0.4) is 0 Å². The molecule has 3 rings (SSSR count). The van der Waals surface area contributed by atoms with Gasteiger partial charge in [-0.3, -0.25) is 9.59 Å². The summed E-state index contributed by atoms with van der Waals surface area (Å²) < 4.78 is 6.24. The Balaban J connectivity index is 2.02. The van der Waals surface area contributed by atoms with E-state index in [4.69, 9.17) is 10.5 Å². The molecular formula is C24H25N3O4. The number of benzene rings is 2. The lowest BCUT2D eigenvalue weighted by molar-refractivity contribution is -0.143. The van der Waals surface area contributed by atoms with E-state index in [1.54, 1.807) is 12.3 Å². The van der Waals surface area contributed by atoms with E-state index in [9.17, 15) is 14.4 Å². The molecule has 0 aliphatic rings. The van der Waals surface area contributed by atoms with Crippen LogP contribution in [0.15, 0.2) is 83.8 Å². The maximum absolute atomic E-state index is 13.3. The zero-order valence-corrected chi connectivity index (χ0v) is 17.2. The Morgan fingerprint density at radius 2 is 1.55 bits per heavy atom. The van der Waals surface area contributed by atoms with E-state index in [0.29, 0.717) is 0 Å². The molecule has 1 aromatic heterocycles. The summed E-state index contributed by atoms with van der Waals surface area (Å²) in [5.74, 6) is -1.26. The summed E-state index contributed by atoms with van der Waals surface area (Å²) in [6.07, 6.45) is 1.86. The third-order valence-corrected chi connectivity index (χ3v) is 4.97. The van der Waals surface area contributed by atoms with Crippen molar-refractivity contribution in [1.82, 2.24) is 9.88 Å². The molecule has 7 nitrogen and oxygen atoms in total. The van der Waals surface area contributed by atoms with Crippen molar-refractivity contribution >= 4 is 11.9 Å². The third kappa shape index (κ3) is 5.07. The van der Waals surface area contributed by atoms with Crippen molar-refractivity contribution < 1.29 is 14.3 Å². The van der Waals surface area contributed by atoms with Gasteiger partial charge in [-0.05, 0) is 36.2 Å². The molecular weight excluding hydrogens is 394 g/mol. The Kier molecular flexibility index (Phi) is 7.35. The minimum atomic E-state index is -0.922. The lowest BCUT2D eigenvalue weighted by Gasteiger charge is -2.22. The van der Waals surface area contributed by atoms with Crippen molar-refractivity contribution in [2.24, 2.45) is 5.73 Å². The molecule has 31 heavy (non-hydrogen) atoms. The summed E-state index contributed by atoms with van der Waals surface area (Å²) in [5, 5.41) is 2.56. The van der Waals surface area contributed by atoms with Crippen molar-refractivity contribution in [3.8, 4) is 0 Å². The molecule has 1 atom stereocenters. The highest BCUT2D eigenvalue weighted by Gasteiger charge is 2.25. The van der Waals surface area contributed by atoms with Crippen molar-refractivity contribution in [1.29, 1.82) is 0 Å². The molecule has 0 radical (unpaired) electrons. The minimum absolute atomic E-state index is 0.0645. The van der Waals surface area contributed by atoms with Gasteiger partial charge < -0.3 is 20.4 Å². The maximum Gasteiger partial charge on any atom is 0.328 e. The van der Waals surface area contributed by atoms with Crippen LogP contribution in [-0.4, -0.2) is 36.1 Å². The van der Waals surface area contributed by atoms with Crippen LogP contribution in [-0.2, 0) is 9.53 Å². The number of nitrogens with two attached hydrogens (primary N) is 1. The second kappa shape index (κ2) is 10.4.